The van der Waals surface area contributed by atoms with E-state index in [1.54, 1.807) is 12.1 Å². The Morgan fingerprint density at radius 2 is 1.77 bits per heavy atom. The number of halogens is 3. The Labute approximate surface area is 163 Å². The largest absolute Gasteiger partial charge is 0.485 e. The van der Waals surface area contributed by atoms with Crippen LogP contribution in [0.1, 0.15) is 11.1 Å². The minimum atomic E-state index is -0.475. The number of hydrogen-bond donors (Lipinski definition) is 0. The molecule has 0 aliphatic carbocycles. The van der Waals surface area contributed by atoms with Crippen LogP contribution in [0.25, 0.3) is 0 Å². The Bertz CT molecular complexity index is 974. The van der Waals surface area contributed by atoms with Crippen molar-refractivity contribution in [3.63, 3.8) is 0 Å². The lowest BCUT2D eigenvalue weighted by atomic mass is 10.2. The fourth-order valence-electron chi connectivity index (χ4n) is 2.24. The Hall–Kier alpha value is -2.55. The van der Waals surface area contributed by atoms with Gasteiger partial charge in [0.15, 0.2) is 11.5 Å². The smallest absolute Gasteiger partial charge is 0.170 e. The molecule has 0 unspecified atom stereocenters. The maximum Gasteiger partial charge on any atom is 0.170 e. The van der Waals surface area contributed by atoms with E-state index in [9.17, 15) is 9.65 Å². The number of nitrogens with zero attached hydrogens (tertiary/aromatic N) is 1. The third kappa shape index (κ3) is 4.34. The third-order valence-corrected chi connectivity index (χ3v) is 4.35. The lowest BCUT2D eigenvalue weighted by molar-refractivity contribution is 0.289. The molecule has 130 valence electrons. The molecule has 0 N–H and O–H groups in total. The molecule has 26 heavy (non-hydrogen) atoms. The van der Waals surface area contributed by atoms with E-state index in [0.29, 0.717) is 10.8 Å². The van der Waals surface area contributed by atoms with E-state index >= 15 is 0 Å². The van der Waals surface area contributed by atoms with E-state index in [2.05, 4.69) is 15.9 Å². The highest BCUT2D eigenvalue weighted by atomic mass is 79.9. The van der Waals surface area contributed by atoms with Crippen molar-refractivity contribution in [2.45, 2.75) is 6.61 Å². The van der Waals surface area contributed by atoms with Crippen molar-refractivity contribution in [1.29, 1.82) is 5.26 Å². The zero-order valence-corrected chi connectivity index (χ0v) is 15.7. The average Bonchev–Trinajstić information content (AvgIpc) is 2.65. The van der Waals surface area contributed by atoms with Gasteiger partial charge in [-0.3, -0.25) is 0 Å². The van der Waals surface area contributed by atoms with Crippen molar-refractivity contribution in [2.24, 2.45) is 0 Å². The first-order chi connectivity index (χ1) is 12.6. The van der Waals surface area contributed by atoms with Gasteiger partial charge in [0.05, 0.1) is 10.0 Å². The van der Waals surface area contributed by atoms with Crippen molar-refractivity contribution in [3.8, 4) is 23.3 Å². The molecule has 3 aromatic carbocycles. The Morgan fingerprint density at radius 1 is 1.00 bits per heavy atom. The van der Waals surface area contributed by atoms with Crippen LogP contribution < -0.4 is 9.47 Å². The van der Waals surface area contributed by atoms with Crippen LogP contribution in [0.3, 0.4) is 0 Å². The second-order valence-electron chi connectivity index (χ2n) is 5.34. The highest BCUT2D eigenvalue weighted by molar-refractivity contribution is 9.10. The fourth-order valence-corrected chi connectivity index (χ4v) is 2.73. The van der Waals surface area contributed by atoms with Gasteiger partial charge in [0.2, 0.25) is 0 Å². The number of hydrogen-bond acceptors (Lipinski definition) is 3. The summed E-state index contributed by atoms with van der Waals surface area (Å²) in [7, 11) is 0. The molecule has 0 saturated heterocycles. The quantitative estimate of drug-likeness (QED) is 0.463. The minimum Gasteiger partial charge on any atom is -0.485 e. The van der Waals surface area contributed by atoms with Gasteiger partial charge in [-0.15, -0.1) is 0 Å². The standard InChI is InChI=1S/C20H12BrClFNO2/c21-16-9-20(26-18-7-6-15(22)8-14(18)11-24)19(10-17(16)23)25-12-13-4-2-1-3-5-13/h1-10H,12H2. The Kier molecular flexibility index (Phi) is 5.77. The number of rotatable bonds is 5. The molecule has 0 amide bonds. The first-order valence-corrected chi connectivity index (χ1v) is 8.77. The van der Waals surface area contributed by atoms with E-state index in [4.69, 9.17) is 21.1 Å². The topological polar surface area (TPSA) is 42.2 Å². The summed E-state index contributed by atoms with van der Waals surface area (Å²) in [6.45, 7) is 0.254. The Balaban J connectivity index is 1.91. The predicted octanol–water partition coefficient (Wildman–Crippen LogP) is 6.48. The molecule has 0 atom stereocenters. The molecule has 0 aliphatic heterocycles. The summed E-state index contributed by atoms with van der Waals surface area (Å²) in [5.74, 6) is 0.346. The maximum absolute atomic E-state index is 14.0. The molecule has 3 nitrogen and oxygen atoms in total. The second kappa shape index (κ2) is 8.22. The van der Waals surface area contributed by atoms with Crippen LogP contribution in [0.5, 0.6) is 17.2 Å². The van der Waals surface area contributed by atoms with Crippen LogP contribution in [0.4, 0.5) is 4.39 Å². The van der Waals surface area contributed by atoms with E-state index in [0.717, 1.165) is 5.56 Å². The van der Waals surface area contributed by atoms with Crippen molar-refractivity contribution < 1.29 is 13.9 Å². The fraction of sp³-hybridized carbons (Fsp3) is 0.0500. The van der Waals surface area contributed by atoms with Gasteiger partial charge in [0.1, 0.15) is 24.2 Å². The highest BCUT2D eigenvalue weighted by Crippen LogP contribution is 2.37. The lowest BCUT2D eigenvalue weighted by Crippen LogP contribution is -1.99. The van der Waals surface area contributed by atoms with Gasteiger partial charge in [-0.25, -0.2) is 4.39 Å². The summed E-state index contributed by atoms with van der Waals surface area (Å²) in [6, 6.07) is 18.9. The van der Waals surface area contributed by atoms with E-state index < -0.39 is 5.82 Å². The van der Waals surface area contributed by atoms with Crippen molar-refractivity contribution >= 4 is 27.5 Å². The number of benzene rings is 3. The predicted molar refractivity (Wildman–Crippen MR) is 101 cm³/mol. The van der Waals surface area contributed by atoms with Crippen LogP contribution in [-0.2, 0) is 6.61 Å². The van der Waals surface area contributed by atoms with Crippen LogP contribution in [0, 0.1) is 17.1 Å². The van der Waals surface area contributed by atoms with Crippen LogP contribution in [0.15, 0.2) is 65.1 Å². The third-order valence-electron chi connectivity index (χ3n) is 3.51. The second-order valence-corrected chi connectivity index (χ2v) is 6.63. The molecule has 0 bridgehead atoms. The SMILES string of the molecule is N#Cc1cc(Cl)ccc1Oc1cc(Br)c(F)cc1OCc1ccccc1. The van der Waals surface area contributed by atoms with Gasteiger partial charge in [-0.2, -0.15) is 5.26 Å². The molecule has 0 spiro atoms. The molecular weight excluding hydrogens is 421 g/mol. The highest BCUT2D eigenvalue weighted by Gasteiger charge is 2.14. The molecule has 0 aromatic heterocycles. The van der Waals surface area contributed by atoms with Gasteiger partial charge in [0, 0.05) is 17.2 Å². The van der Waals surface area contributed by atoms with E-state index in [1.807, 2.05) is 36.4 Å². The molecule has 0 saturated carbocycles. The van der Waals surface area contributed by atoms with Gasteiger partial charge < -0.3 is 9.47 Å². The summed E-state index contributed by atoms with van der Waals surface area (Å²) in [5.41, 5.74) is 1.21. The first-order valence-electron chi connectivity index (χ1n) is 7.60. The summed E-state index contributed by atoms with van der Waals surface area (Å²) >= 11 is 9.05. The summed E-state index contributed by atoms with van der Waals surface area (Å²) < 4.78 is 25.7. The van der Waals surface area contributed by atoms with Gasteiger partial charge in [-0.05, 0) is 39.7 Å². The molecule has 0 fully saturated rings. The average molecular weight is 433 g/mol. The zero-order valence-electron chi connectivity index (χ0n) is 13.4. The van der Waals surface area contributed by atoms with Crippen LogP contribution in [0.2, 0.25) is 5.02 Å². The lowest BCUT2D eigenvalue weighted by Gasteiger charge is -2.14. The molecular formula is C20H12BrClFNO2. The molecule has 0 heterocycles. The molecule has 0 radical (unpaired) electrons. The normalized spacial score (nSPS) is 10.2. The molecule has 3 rings (SSSR count). The van der Waals surface area contributed by atoms with Crippen molar-refractivity contribution in [2.75, 3.05) is 0 Å². The van der Waals surface area contributed by atoms with Gasteiger partial charge in [-0.1, -0.05) is 41.9 Å². The maximum atomic E-state index is 14.0. The van der Waals surface area contributed by atoms with Crippen molar-refractivity contribution in [3.05, 3.63) is 87.1 Å². The summed E-state index contributed by atoms with van der Waals surface area (Å²) in [6.07, 6.45) is 0. The first kappa shape index (κ1) is 18.2. The summed E-state index contributed by atoms with van der Waals surface area (Å²) in [5, 5.41) is 9.68. The van der Waals surface area contributed by atoms with Crippen molar-refractivity contribution in [1.82, 2.24) is 0 Å². The van der Waals surface area contributed by atoms with E-state index in [-0.39, 0.29) is 28.1 Å². The molecule has 3 aromatic rings. The monoisotopic (exact) mass is 431 g/mol. The molecule has 0 aliphatic rings. The number of nitriles is 1. The van der Waals surface area contributed by atoms with Crippen LogP contribution >= 0.6 is 27.5 Å². The minimum absolute atomic E-state index is 0.229. The van der Waals surface area contributed by atoms with Gasteiger partial charge in [0.25, 0.3) is 0 Å². The zero-order chi connectivity index (χ0) is 18.5. The molecule has 6 heteroatoms. The number of ether oxygens (including phenoxy) is 2. The van der Waals surface area contributed by atoms with Gasteiger partial charge >= 0.3 is 0 Å². The summed E-state index contributed by atoms with van der Waals surface area (Å²) in [4.78, 5) is 0. The Morgan fingerprint density at radius 3 is 2.50 bits per heavy atom. The van der Waals surface area contributed by atoms with E-state index in [1.165, 1.54) is 18.2 Å². The van der Waals surface area contributed by atoms with Crippen LogP contribution in [-0.4, -0.2) is 0 Å².